The molecule has 2 heterocycles. The first-order valence-corrected chi connectivity index (χ1v) is 14.7. The van der Waals surface area contributed by atoms with Crippen LogP contribution in [0.2, 0.25) is 0 Å². The summed E-state index contributed by atoms with van der Waals surface area (Å²) in [6.07, 6.45) is 8.74. The number of hydrogen-bond donors (Lipinski definition) is 2. The highest BCUT2D eigenvalue weighted by Gasteiger charge is 2.84. The van der Waals surface area contributed by atoms with Crippen LogP contribution >= 0.6 is 0 Å². The summed E-state index contributed by atoms with van der Waals surface area (Å²) in [5.74, 6) is 1.96. The van der Waals surface area contributed by atoms with E-state index in [4.69, 9.17) is 4.74 Å². The maximum absolute atomic E-state index is 13.1. The molecule has 5 saturated carbocycles. The average Bonchev–Trinajstić information content (AvgIpc) is 3.40. The normalized spacial score (nSPS) is 59.8. The Labute approximate surface area is 211 Å². The van der Waals surface area contributed by atoms with Crippen LogP contribution < -0.4 is 0 Å². The van der Waals surface area contributed by atoms with Crippen molar-refractivity contribution in [3.05, 3.63) is 0 Å². The number of likely N-dealkylation sites (tertiary alicyclic amines) is 1. The van der Waals surface area contributed by atoms with Crippen LogP contribution in [0.1, 0.15) is 92.4 Å². The van der Waals surface area contributed by atoms with Crippen molar-refractivity contribution in [2.75, 3.05) is 13.1 Å². The number of nitrogens with zero attached hydrogens (tertiary/aromatic N) is 1. The van der Waals surface area contributed by atoms with Crippen molar-refractivity contribution in [2.24, 2.45) is 50.7 Å². The number of carbonyl (C=O) groups excluding carboxylic acids is 1. The highest BCUT2D eigenvalue weighted by atomic mass is 16.5. The van der Waals surface area contributed by atoms with E-state index in [0.29, 0.717) is 34.5 Å². The maximum Gasteiger partial charge on any atom is 0.251 e. The second-order valence-corrected chi connectivity index (χ2v) is 15.2. The van der Waals surface area contributed by atoms with Crippen LogP contribution in [0.5, 0.6) is 0 Å². The topological polar surface area (TPSA) is 70.0 Å². The molecule has 7 fully saturated rings. The van der Waals surface area contributed by atoms with Gasteiger partial charge in [0, 0.05) is 18.5 Å². The smallest absolute Gasteiger partial charge is 0.251 e. The zero-order valence-electron chi connectivity index (χ0n) is 22.6. The minimum Gasteiger partial charge on any atom is -0.393 e. The van der Waals surface area contributed by atoms with Gasteiger partial charge in [0.25, 0.3) is 5.91 Å². The van der Waals surface area contributed by atoms with Crippen LogP contribution in [0.3, 0.4) is 0 Å². The molecule has 2 aliphatic heterocycles. The zero-order chi connectivity index (χ0) is 24.8. The molecule has 12 atom stereocenters. The Morgan fingerprint density at radius 1 is 0.943 bits per heavy atom. The highest BCUT2D eigenvalue weighted by molar-refractivity contribution is 5.81. The van der Waals surface area contributed by atoms with E-state index in [1.54, 1.807) is 0 Å². The van der Waals surface area contributed by atoms with Gasteiger partial charge in [-0.1, -0.05) is 34.6 Å². The average molecular weight is 486 g/mol. The van der Waals surface area contributed by atoms with Crippen LogP contribution in [-0.4, -0.2) is 58.5 Å². The van der Waals surface area contributed by atoms with E-state index in [9.17, 15) is 15.0 Å². The fraction of sp³-hybridized carbons (Fsp3) is 0.967. The van der Waals surface area contributed by atoms with E-state index >= 15 is 0 Å². The summed E-state index contributed by atoms with van der Waals surface area (Å²) in [6.45, 7) is 13.6. The van der Waals surface area contributed by atoms with Crippen LogP contribution in [-0.2, 0) is 9.53 Å². The van der Waals surface area contributed by atoms with Gasteiger partial charge in [-0.2, -0.15) is 0 Å². The fourth-order valence-electron chi connectivity index (χ4n) is 12.2. The van der Waals surface area contributed by atoms with Crippen LogP contribution in [0, 0.1) is 50.7 Å². The van der Waals surface area contributed by atoms with Gasteiger partial charge in [-0.15, -0.1) is 0 Å². The summed E-state index contributed by atoms with van der Waals surface area (Å²) in [5.41, 5.74) is 0.527. The molecule has 0 aromatic heterocycles. The molecular formula is C30H47NO4. The lowest BCUT2D eigenvalue weighted by atomic mass is 9.41. The molecule has 5 heteroatoms. The van der Waals surface area contributed by atoms with Crippen molar-refractivity contribution in [3.8, 4) is 0 Å². The molecule has 2 saturated heterocycles. The highest BCUT2D eigenvalue weighted by Crippen LogP contribution is 2.89. The van der Waals surface area contributed by atoms with E-state index in [2.05, 4.69) is 34.6 Å². The molecule has 5 nitrogen and oxygen atoms in total. The fourth-order valence-corrected chi connectivity index (χ4v) is 12.2. The molecule has 2 spiro atoms. The molecule has 35 heavy (non-hydrogen) atoms. The Morgan fingerprint density at radius 2 is 1.63 bits per heavy atom. The third-order valence-corrected chi connectivity index (χ3v) is 14.2. The van der Waals surface area contributed by atoms with Crippen LogP contribution in [0.25, 0.3) is 0 Å². The molecule has 7 rings (SSSR count). The molecule has 5 aliphatic carbocycles. The molecule has 0 bridgehead atoms. The summed E-state index contributed by atoms with van der Waals surface area (Å²) in [6, 6.07) is 0. The van der Waals surface area contributed by atoms with Crippen LogP contribution in [0.4, 0.5) is 0 Å². The number of rotatable bonds is 1. The molecule has 196 valence electrons. The number of amides is 1. The summed E-state index contributed by atoms with van der Waals surface area (Å²) in [4.78, 5) is 15.1. The van der Waals surface area contributed by atoms with Gasteiger partial charge in [0.15, 0.2) is 0 Å². The number of ether oxygens (including phenoxy) is 1. The van der Waals surface area contributed by atoms with Crippen molar-refractivity contribution in [2.45, 2.75) is 117 Å². The molecule has 12 unspecified atom stereocenters. The molecule has 0 radical (unpaired) electrons. The van der Waals surface area contributed by atoms with Crippen molar-refractivity contribution >= 4 is 5.91 Å². The number of hydrogen-bond acceptors (Lipinski definition) is 4. The number of aliphatic hydroxyl groups excluding tert-OH is 2. The first kappa shape index (κ1) is 23.5. The molecule has 1 amide bonds. The van der Waals surface area contributed by atoms with E-state index in [-0.39, 0.29) is 40.5 Å². The molecule has 7 aliphatic rings. The third kappa shape index (κ3) is 2.46. The summed E-state index contributed by atoms with van der Waals surface area (Å²) in [5, 5.41) is 23.1. The number of aliphatic hydroxyl groups is 2. The predicted octanol–water partition coefficient (Wildman–Crippen LogP) is 4.39. The number of carbonyl (C=O) groups is 1. The van der Waals surface area contributed by atoms with E-state index in [0.717, 1.165) is 51.6 Å². The van der Waals surface area contributed by atoms with E-state index in [1.165, 1.54) is 19.3 Å². The quantitative estimate of drug-likeness (QED) is 0.578. The van der Waals surface area contributed by atoms with E-state index in [1.807, 2.05) is 4.90 Å². The van der Waals surface area contributed by atoms with Crippen molar-refractivity contribution in [3.63, 3.8) is 0 Å². The lowest BCUT2D eigenvalue weighted by Gasteiger charge is -2.63. The van der Waals surface area contributed by atoms with Gasteiger partial charge in [0.05, 0.1) is 18.3 Å². The zero-order valence-corrected chi connectivity index (χ0v) is 22.6. The molecular weight excluding hydrogens is 438 g/mol. The lowest BCUT2D eigenvalue weighted by Crippen LogP contribution is -2.59. The minimum atomic E-state index is -0.509. The van der Waals surface area contributed by atoms with Crippen LogP contribution in [0.15, 0.2) is 0 Å². The van der Waals surface area contributed by atoms with Gasteiger partial charge in [0.1, 0.15) is 6.10 Å². The molecule has 0 aromatic rings. The molecule has 2 N–H and O–H groups in total. The van der Waals surface area contributed by atoms with Gasteiger partial charge in [-0.3, -0.25) is 4.79 Å². The minimum absolute atomic E-state index is 0.0152. The second kappa shape index (κ2) is 6.86. The number of fused-ring (bicyclic) bond motifs is 4. The van der Waals surface area contributed by atoms with Gasteiger partial charge in [-0.25, -0.2) is 0 Å². The van der Waals surface area contributed by atoms with Gasteiger partial charge in [-0.05, 0) is 103 Å². The van der Waals surface area contributed by atoms with Crippen molar-refractivity contribution in [1.29, 1.82) is 0 Å². The largest absolute Gasteiger partial charge is 0.393 e. The van der Waals surface area contributed by atoms with Gasteiger partial charge < -0.3 is 19.8 Å². The Bertz CT molecular complexity index is 947. The Kier molecular flexibility index (Phi) is 4.60. The van der Waals surface area contributed by atoms with Gasteiger partial charge in [0.2, 0.25) is 0 Å². The maximum atomic E-state index is 13.1. The summed E-state index contributed by atoms with van der Waals surface area (Å²) >= 11 is 0. The summed E-state index contributed by atoms with van der Waals surface area (Å²) in [7, 11) is 0. The Balaban J connectivity index is 1.24. The predicted molar refractivity (Wildman–Crippen MR) is 133 cm³/mol. The first-order valence-electron chi connectivity index (χ1n) is 14.7. The monoisotopic (exact) mass is 485 g/mol. The molecule has 0 aromatic carbocycles. The lowest BCUT2D eigenvalue weighted by molar-refractivity contribution is -0.183. The SMILES string of the molecule is CC1CC(C(=O)N2CCC2)OC2C1C1(C)CCC34CC35CCC(O)C(C)(C)C5CCC4C1(C)C2O. The second-order valence-electron chi connectivity index (χ2n) is 15.2. The standard InChI is InChI=1S/C30H47NO4/c1-17-15-18(25(34)31-13-6-14-31)35-23-22(17)27(4)11-12-30-16-29(30)10-9-21(32)26(2,3)19(29)7-8-20(30)28(27,5)24(23)33/h17-24,32-33H,6-16H2,1-5H3. The van der Waals surface area contributed by atoms with E-state index < -0.39 is 6.10 Å². The van der Waals surface area contributed by atoms with Gasteiger partial charge >= 0.3 is 0 Å². The first-order chi connectivity index (χ1) is 16.4. The third-order valence-electron chi connectivity index (χ3n) is 14.2. The Morgan fingerprint density at radius 3 is 2.31 bits per heavy atom. The van der Waals surface area contributed by atoms with Crippen molar-refractivity contribution < 1.29 is 19.7 Å². The van der Waals surface area contributed by atoms with Crippen molar-refractivity contribution in [1.82, 2.24) is 4.90 Å². The summed E-state index contributed by atoms with van der Waals surface area (Å²) < 4.78 is 6.64. The Hall–Kier alpha value is -0.650.